The smallest absolute Gasteiger partial charge is 0.134 e. The first kappa shape index (κ1) is 13.6. The van der Waals surface area contributed by atoms with Crippen LogP contribution in [0.3, 0.4) is 0 Å². The second-order valence-corrected chi connectivity index (χ2v) is 5.03. The third-order valence-corrected chi connectivity index (χ3v) is 3.07. The van der Waals surface area contributed by atoms with Crippen molar-refractivity contribution in [3.63, 3.8) is 0 Å². The standard InChI is InChI=1S/C13H20ClN3O/c1-2-12-16-11(14)8-13(17-12)15-6-3-7-18-9-10-4-5-10/h8,10H,2-7,9H2,1H3,(H,15,16,17). The van der Waals surface area contributed by atoms with Crippen LogP contribution in [0.2, 0.25) is 5.15 Å². The number of nitrogens with zero attached hydrogens (tertiary/aromatic N) is 2. The highest BCUT2D eigenvalue weighted by Gasteiger charge is 2.20. The topological polar surface area (TPSA) is 47.0 Å². The number of nitrogens with one attached hydrogen (secondary N) is 1. The fourth-order valence-corrected chi connectivity index (χ4v) is 1.84. The molecule has 5 heteroatoms. The van der Waals surface area contributed by atoms with Crippen LogP contribution in [0.5, 0.6) is 0 Å². The Bertz CT molecular complexity index is 382. The molecular formula is C13H20ClN3O. The fraction of sp³-hybridized carbons (Fsp3) is 0.692. The van der Waals surface area contributed by atoms with E-state index < -0.39 is 0 Å². The number of anilines is 1. The van der Waals surface area contributed by atoms with Crippen LogP contribution in [0.25, 0.3) is 0 Å². The van der Waals surface area contributed by atoms with E-state index in [4.69, 9.17) is 16.3 Å². The Morgan fingerprint density at radius 1 is 1.44 bits per heavy atom. The first-order chi connectivity index (χ1) is 8.78. The third-order valence-electron chi connectivity index (χ3n) is 2.88. The van der Waals surface area contributed by atoms with Gasteiger partial charge in [0.25, 0.3) is 0 Å². The Kier molecular flexibility index (Phi) is 5.20. The van der Waals surface area contributed by atoms with E-state index in [0.717, 1.165) is 50.2 Å². The Morgan fingerprint density at radius 3 is 3.00 bits per heavy atom. The lowest BCUT2D eigenvalue weighted by Gasteiger charge is -2.07. The Hall–Kier alpha value is -0.870. The van der Waals surface area contributed by atoms with Crippen LogP contribution in [-0.2, 0) is 11.2 Å². The molecule has 18 heavy (non-hydrogen) atoms. The summed E-state index contributed by atoms with van der Waals surface area (Å²) in [5, 5.41) is 3.74. The highest BCUT2D eigenvalue weighted by atomic mass is 35.5. The molecule has 0 aliphatic heterocycles. The van der Waals surface area contributed by atoms with E-state index in [1.807, 2.05) is 6.92 Å². The van der Waals surface area contributed by atoms with Gasteiger partial charge >= 0.3 is 0 Å². The lowest BCUT2D eigenvalue weighted by atomic mass is 10.4. The molecule has 1 aliphatic rings. The predicted octanol–water partition coefficient (Wildman–Crippen LogP) is 2.92. The van der Waals surface area contributed by atoms with E-state index >= 15 is 0 Å². The van der Waals surface area contributed by atoms with Crippen LogP contribution in [0.4, 0.5) is 5.82 Å². The zero-order valence-corrected chi connectivity index (χ0v) is 11.5. The molecule has 1 fully saturated rings. The van der Waals surface area contributed by atoms with Gasteiger partial charge < -0.3 is 10.1 Å². The molecule has 0 aromatic carbocycles. The van der Waals surface area contributed by atoms with Crippen LogP contribution < -0.4 is 5.32 Å². The van der Waals surface area contributed by atoms with Gasteiger partial charge in [0.15, 0.2) is 0 Å². The first-order valence-electron chi connectivity index (χ1n) is 6.63. The predicted molar refractivity (Wildman–Crippen MR) is 73.1 cm³/mol. The van der Waals surface area contributed by atoms with Gasteiger partial charge in [-0.2, -0.15) is 0 Å². The lowest BCUT2D eigenvalue weighted by molar-refractivity contribution is 0.124. The molecule has 0 amide bonds. The minimum absolute atomic E-state index is 0.495. The molecule has 4 nitrogen and oxygen atoms in total. The zero-order chi connectivity index (χ0) is 12.8. The normalized spacial score (nSPS) is 14.8. The van der Waals surface area contributed by atoms with E-state index in [1.54, 1.807) is 6.07 Å². The average Bonchev–Trinajstić information content (AvgIpc) is 3.17. The number of halogens is 1. The van der Waals surface area contributed by atoms with Crippen molar-refractivity contribution < 1.29 is 4.74 Å². The van der Waals surface area contributed by atoms with Crippen molar-refractivity contribution in [2.24, 2.45) is 5.92 Å². The van der Waals surface area contributed by atoms with Crippen molar-refractivity contribution in [1.29, 1.82) is 0 Å². The summed E-state index contributed by atoms with van der Waals surface area (Å²) < 4.78 is 5.57. The zero-order valence-electron chi connectivity index (χ0n) is 10.8. The van der Waals surface area contributed by atoms with E-state index in [-0.39, 0.29) is 0 Å². The lowest BCUT2D eigenvalue weighted by Crippen LogP contribution is -2.09. The molecule has 0 bridgehead atoms. The molecule has 1 aliphatic carbocycles. The molecule has 1 saturated carbocycles. The second-order valence-electron chi connectivity index (χ2n) is 4.64. The van der Waals surface area contributed by atoms with Gasteiger partial charge in [0.1, 0.15) is 16.8 Å². The molecule has 2 rings (SSSR count). The van der Waals surface area contributed by atoms with Crippen molar-refractivity contribution >= 4 is 17.4 Å². The summed E-state index contributed by atoms with van der Waals surface area (Å²) >= 11 is 5.92. The number of rotatable bonds is 8. The molecule has 0 atom stereocenters. The maximum Gasteiger partial charge on any atom is 0.134 e. The van der Waals surface area contributed by atoms with Crippen LogP contribution in [0, 0.1) is 5.92 Å². The van der Waals surface area contributed by atoms with E-state index in [9.17, 15) is 0 Å². The molecule has 0 radical (unpaired) electrons. The summed E-state index contributed by atoms with van der Waals surface area (Å²) in [5.74, 6) is 2.41. The molecular weight excluding hydrogens is 250 g/mol. The van der Waals surface area contributed by atoms with Gasteiger partial charge in [-0.3, -0.25) is 0 Å². The molecule has 100 valence electrons. The van der Waals surface area contributed by atoms with Crippen LogP contribution in [-0.4, -0.2) is 29.7 Å². The molecule has 0 saturated heterocycles. The number of hydrogen-bond donors (Lipinski definition) is 1. The Morgan fingerprint density at radius 2 is 2.28 bits per heavy atom. The van der Waals surface area contributed by atoms with Crippen molar-refractivity contribution in [3.8, 4) is 0 Å². The average molecular weight is 270 g/mol. The Balaban J connectivity index is 1.63. The number of ether oxygens (including phenoxy) is 1. The largest absolute Gasteiger partial charge is 0.381 e. The van der Waals surface area contributed by atoms with Crippen molar-refractivity contribution in [2.75, 3.05) is 25.1 Å². The summed E-state index contributed by atoms with van der Waals surface area (Å²) in [7, 11) is 0. The van der Waals surface area contributed by atoms with Crippen molar-refractivity contribution in [1.82, 2.24) is 9.97 Å². The number of aromatic nitrogens is 2. The van der Waals surface area contributed by atoms with Gasteiger partial charge in [-0.25, -0.2) is 9.97 Å². The third kappa shape index (κ3) is 4.78. The fourth-order valence-electron chi connectivity index (χ4n) is 1.64. The maximum atomic E-state index is 5.92. The minimum Gasteiger partial charge on any atom is -0.381 e. The minimum atomic E-state index is 0.495. The monoisotopic (exact) mass is 269 g/mol. The van der Waals surface area contributed by atoms with Crippen molar-refractivity contribution in [3.05, 3.63) is 17.0 Å². The SMILES string of the molecule is CCc1nc(Cl)cc(NCCCOCC2CC2)n1. The summed E-state index contributed by atoms with van der Waals surface area (Å²) in [6.07, 6.45) is 4.46. The number of aryl methyl sites for hydroxylation is 1. The van der Waals surface area contributed by atoms with Gasteiger partial charge in [-0.05, 0) is 25.2 Å². The quantitative estimate of drug-likeness (QED) is 0.582. The maximum absolute atomic E-state index is 5.92. The highest BCUT2D eigenvalue weighted by molar-refractivity contribution is 6.29. The van der Waals surface area contributed by atoms with Gasteiger partial charge in [0.2, 0.25) is 0 Å². The molecule has 0 unspecified atom stereocenters. The summed E-state index contributed by atoms with van der Waals surface area (Å²) in [6, 6.07) is 1.76. The van der Waals surface area contributed by atoms with Gasteiger partial charge in [0.05, 0.1) is 0 Å². The molecule has 0 spiro atoms. The van der Waals surface area contributed by atoms with Crippen LogP contribution in [0.1, 0.15) is 32.0 Å². The summed E-state index contributed by atoms with van der Waals surface area (Å²) in [6.45, 7) is 4.60. The summed E-state index contributed by atoms with van der Waals surface area (Å²) in [5.41, 5.74) is 0. The van der Waals surface area contributed by atoms with Crippen molar-refractivity contribution in [2.45, 2.75) is 32.6 Å². The van der Waals surface area contributed by atoms with Gasteiger partial charge in [-0.1, -0.05) is 18.5 Å². The number of hydrogen-bond acceptors (Lipinski definition) is 4. The van der Waals surface area contributed by atoms with Crippen LogP contribution >= 0.6 is 11.6 Å². The van der Waals surface area contributed by atoms with E-state index in [0.29, 0.717) is 5.15 Å². The van der Waals surface area contributed by atoms with Crippen LogP contribution in [0.15, 0.2) is 6.07 Å². The first-order valence-corrected chi connectivity index (χ1v) is 7.01. The molecule has 1 aromatic heterocycles. The van der Waals surface area contributed by atoms with E-state index in [2.05, 4.69) is 15.3 Å². The summed E-state index contributed by atoms with van der Waals surface area (Å²) in [4.78, 5) is 8.49. The molecule has 1 heterocycles. The second kappa shape index (κ2) is 6.90. The molecule has 1 N–H and O–H groups in total. The highest BCUT2D eigenvalue weighted by Crippen LogP contribution is 2.28. The molecule has 1 aromatic rings. The Labute approximate surface area is 113 Å². The van der Waals surface area contributed by atoms with E-state index in [1.165, 1.54) is 12.8 Å². The van der Waals surface area contributed by atoms with Gasteiger partial charge in [-0.15, -0.1) is 0 Å². The van der Waals surface area contributed by atoms with Gasteiger partial charge in [0, 0.05) is 32.2 Å².